The fraction of sp³-hybridized carbons (Fsp3) is 0.174. The van der Waals surface area contributed by atoms with Gasteiger partial charge < -0.3 is 5.32 Å². The lowest BCUT2D eigenvalue weighted by Crippen LogP contribution is -2.13. The highest BCUT2D eigenvalue weighted by Crippen LogP contribution is 2.25. The van der Waals surface area contributed by atoms with Crippen LogP contribution in [0.3, 0.4) is 0 Å². The lowest BCUT2D eigenvalue weighted by atomic mass is 10.1. The number of hydrogen-bond acceptors (Lipinski definition) is 3. The van der Waals surface area contributed by atoms with E-state index in [-0.39, 0.29) is 5.91 Å². The van der Waals surface area contributed by atoms with E-state index in [2.05, 4.69) is 31.4 Å². The van der Waals surface area contributed by atoms with Gasteiger partial charge in [-0.05, 0) is 65.2 Å². The number of nitrogens with zero attached hydrogens (tertiary/aromatic N) is 4. The SMILES string of the molecule is Cc1nn(Cc2ccc(C(=O)Nc3nn(Cc4ccc(Cl)c(Cl)c4)cc3Br)cc2)c(C)c1Cl. The van der Waals surface area contributed by atoms with Crippen molar-refractivity contribution in [3.63, 3.8) is 0 Å². The second kappa shape index (κ2) is 9.89. The van der Waals surface area contributed by atoms with E-state index in [4.69, 9.17) is 34.8 Å². The average molecular weight is 568 g/mol. The van der Waals surface area contributed by atoms with Crippen LogP contribution in [0, 0.1) is 13.8 Å². The zero-order chi connectivity index (χ0) is 23.7. The molecule has 0 unspecified atom stereocenters. The lowest BCUT2D eigenvalue weighted by molar-refractivity contribution is 0.102. The fourth-order valence-electron chi connectivity index (χ4n) is 3.33. The molecule has 2 aromatic heterocycles. The Bertz CT molecular complexity index is 1330. The van der Waals surface area contributed by atoms with E-state index in [0.29, 0.717) is 44.0 Å². The summed E-state index contributed by atoms with van der Waals surface area (Å²) in [6, 6.07) is 12.8. The molecule has 0 atom stereocenters. The van der Waals surface area contributed by atoms with Crippen LogP contribution in [0.4, 0.5) is 5.82 Å². The van der Waals surface area contributed by atoms with Gasteiger partial charge in [-0.15, -0.1) is 0 Å². The molecular formula is C23H19BrCl3N5O. The van der Waals surface area contributed by atoms with Gasteiger partial charge in [0.25, 0.3) is 5.91 Å². The number of benzene rings is 2. The van der Waals surface area contributed by atoms with Crippen LogP contribution in [0.15, 0.2) is 53.1 Å². The molecule has 170 valence electrons. The van der Waals surface area contributed by atoms with Gasteiger partial charge in [-0.25, -0.2) is 0 Å². The molecule has 4 rings (SSSR count). The second-order valence-corrected chi connectivity index (χ2v) is 9.61. The van der Waals surface area contributed by atoms with E-state index in [1.54, 1.807) is 35.1 Å². The molecule has 0 saturated carbocycles. The highest BCUT2D eigenvalue weighted by atomic mass is 79.9. The fourth-order valence-corrected chi connectivity index (χ4v) is 4.20. The molecule has 6 nitrogen and oxygen atoms in total. The number of rotatable bonds is 6. The Morgan fingerprint density at radius 3 is 2.30 bits per heavy atom. The maximum atomic E-state index is 12.7. The van der Waals surface area contributed by atoms with Crippen LogP contribution in [0.1, 0.15) is 32.9 Å². The van der Waals surface area contributed by atoms with Crippen molar-refractivity contribution in [2.24, 2.45) is 0 Å². The monoisotopic (exact) mass is 565 g/mol. The van der Waals surface area contributed by atoms with Crippen molar-refractivity contribution in [1.82, 2.24) is 19.6 Å². The van der Waals surface area contributed by atoms with Crippen LogP contribution in [0.5, 0.6) is 0 Å². The number of carbonyl (C=O) groups excluding carboxylic acids is 1. The van der Waals surface area contributed by atoms with Crippen molar-refractivity contribution in [1.29, 1.82) is 0 Å². The number of anilines is 1. The first-order valence-corrected chi connectivity index (χ1v) is 11.9. The smallest absolute Gasteiger partial charge is 0.256 e. The zero-order valence-corrected chi connectivity index (χ0v) is 21.6. The number of halogens is 4. The van der Waals surface area contributed by atoms with Crippen molar-refractivity contribution < 1.29 is 4.79 Å². The molecule has 33 heavy (non-hydrogen) atoms. The van der Waals surface area contributed by atoms with Crippen molar-refractivity contribution in [3.8, 4) is 0 Å². The van der Waals surface area contributed by atoms with Gasteiger partial charge in [0.2, 0.25) is 0 Å². The first kappa shape index (κ1) is 23.8. The summed E-state index contributed by atoms with van der Waals surface area (Å²) in [5, 5.41) is 13.4. The van der Waals surface area contributed by atoms with E-state index in [0.717, 1.165) is 22.5 Å². The van der Waals surface area contributed by atoms with Gasteiger partial charge in [-0.2, -0.15) is 10.2 Å². The first-order valence-electron chi connectivity index (χ1n) is 9.98. The minimum absolute atomic E-state index is 0.254. The van der Waals surface area contributed by atoms with Crippen molar-refractivity contribution in [2.45, 2.75) is 26.9 Å². The molecule has 0 aliphatic heterocycles. The van der Waals surface area contributed by atoms with Crippen LogP contribution >= 0.6 is 50.7 Å². The minimum Gasteiger partial charge on any atom is -0.304 e. The highest BCUT2D eigenvalue weighted by Gasteiger charge is 2.14. The van der Waals surface area contributed by atoms with Crippen LogP contribution in [0.2, 0.25) is 15.1 Å². The Morgan fingerprint density at radius 1 is 0.970 bits per heavy atom. The van der Waals surface area contributed by atoms with Gasteiger partial charge in [0.1, 0.15) is 0 Å². The third-order valence-corrected chi connectivity index (χ3v) is 6.99. The Balaban J connectivity index is 1.42. The predicted octanol–water partition coefficient (Wildman–Crippen LogP) is 6.77. The van der Waals surface area contributed by atoms with Crippen LogP contribution in [-0.4, -0.2) is 25.5 Å². The van der Waals surface area contributed by atoms with Crippen LogP contribution in [0.25, 0.3) is 0 Å². The quantitative estimate of drug-likeness (QED) is 0.280. The molecule has 1 N–H and O–H groups in total. The zero-order valence-electron chi connectivity index (χ0n) is 17.7. The summed E-state index contributed by atoms with van der Waals surface area (Å²) >= 11 is 21.7. The summed E-state index contributed by atoms with van der Waals surface area (Å²) in [4.78, 5) is 12.7. The summed E-state index contributed by atoms with van der Waals surface area (Å²) in [5.41, 5.74) is 4.19. The number of carbonyl (C=O) groups is 1. The number of amides is 1. The topological polar surface area (TPSA) is 64.7 Å². The number of aryl methyl sites for hydroxylation is 1. The van der Waals surface area contributed by atoms with Gasteiger partial charge >= 0.3 is 0 Å². The Labute approximate surface area is 214 Å². The maximum absolute atomic E-state index is 12.7. The van der Waals surface area contributed by atoms with Crippen LogP contribution in [-0.2, 0) is 13.1 Å². The lowest BCUT2D eigenvalue weighted by Gasteiger charge is -2.07. The van der Waals surface area contributed by atoms with Gasteiger partial charge in [-0.3, -0.25) is 14.2 Å². The Morgan fingerprint density at radius 2 is 1.67 bits per heavy atom. The third kappa shape index (κ3) is 5.44. The van der Waals surface area contributed by atoms with Crippen LogP contribution < -0.4 is 5.32 Å². The highest BCUT2D eigenvalue weighted by molar-refractivity contribution is 9.10. The third-order valence-electron chi connectivity index (χ3n) is 5.12. The molecule has 0 bridgehead atoms. The van der Waals surface area contributed by atoms with Gasteiger partial charge in [-0.1, -0.05) is 53.0 Å². The van der Waals surface area contributed by atoms with Gasteiger partial charge in [0.05, 0.1) is 44.0 Å². The summed E-state index contributed by atoms with van der Waals surface area (Å²) in [6.45, 7) is 4.87. The molecule has 10 heteroatoms. The minimum atomic E-state index is -0.254. The summed E-state index contributed by atoms with van der Waals surface area (Å²) < 4.78 is 4.24. The Kier molecular flexibility index (Phi) is 7.14. The molecule has 0 fully saturated rings. The largest absolute Gasteiger partial charge is 0.304 e. The average Bonchev–Trinajstić information content (AvgIpc) is 3.24. The van der Waals surface area contributed by atoms with E-state index in [1.165, 1.54) is 0 Å². The Hall–Kier alpha value is -2.32. The predicted molar refractivity (Wildman–Crippen MR) is 136 cm³/mol. The standard InChI is InChI=1S/C23H19BrCl3N5O/c1-13-21(27)14(2)32(29-13)11-15-3-6-17(7-4-15)23(33)28-22-18(24)12-31(30-22)10-16-5-8-19(25)20(26)9-16/h3-9,12H,10-11H2,1-2H3,(H,28,30,33). The number of hydrogen-bond donors (Lipinski definition) is 1. The van der Waals surface area contributed by atoms with Gasteiger partial charge in [0.15, 0.2) is 5.82 Å². The molecule has 2 heterocycles. The molecular weight excluding hydrogens is 549 g/mol. The molecule has 0 radical (unpaired) electrons. The molecule has 4 aromatic rings. The van der Waals surface area contributed by atoms with Crippen molar-refractivity contribution in [2.75, 3.05) is 5.32 Å². The molecule has 0 saturated heterocycles. The van der Waals surface area contributed by atoms with Crippen molar-refractivity contribution in [3.05, 3.63) is 96.3 Å². The maximum Gasteiger partial charge on any atom is 0.256 e. The number of aromatic nitrogens is 4. The molecule has 2 aromatic carbocycles. The second-order valence-electron chi connectivity index (χ2n) is 7.57. The first-order chi connectivity index (χ1) is 15.7. The van der Waals surface area contributed by atoms with Gasteiger partial charge in [0, 0.05) is 11.8 Å². The summed E-state index contributed by atoms with van der Waals surface area (Å²) in [5.74, 6) is 0.178. The summed E-state index contributed by atoms with van der Waals surface area (Å²) in [7, 11) is 0. The normalized spacial score (nSPS) is 11.1. The number of nitrogens with one attached hydrogen (secondary N) is 1. The molecule has 1 amide bonds. The molecule has 0 spiro atoms. The van der Waals surface area contributed by atoms with E-state index in [9.17, 15) is 4.79 Å². The molecule has 0 aliphatic carbocycles. The van der Waals surface area contributed by atoms with E-state index in [1.807, 2.05) is 36.7 Å². The summed E-state index contributed by atoms with van der Waals surface area (Å²) in [6.07, 6.45) is 1.79. The molecule has 0 aliphatic rings. The van der Waals surface area contributed by atoms with E-state index < -0.39 is 0 Å². The van der Waals surface area contributed by atoms with Crippen molar-refractivity contribution >= 4 is 62.5 Å². The van der Waals surface area contributed by atoms with E-state index >= 15 is 0 Å².